The van der Waals surface area contributed by atoms with Crippen LogP contribution < -0.4 is 10.1 Å². The Morgan fingerprint density at radius 2 is 2.20 bits per heavy atom. The van der Waals surface area contributed by atoms with Crippen molar-refractivity contribution >= 4 is 5.95 Å². The second kappa shape index (κ2) is 7.55. The average molecular weight is 275 g/mol. The monoisotopic (exact) mass is 275 g/mol. The summed E-state index contributed by atoms with van der Waals surface area (Å²) in [5.74, 6) is 1.74. The highest BCUT2D eigenvalue weighted by molar-refractivity contribution is 5.28. The van der Waals surface area contributed by atoms with Gasteiger partial charge in [0.2, 0.25) is 5.95 Å². The number of nitrogens with zero attached hydrogens (tertiary/aromatic N) is 2. The topological polar surface area (TPSA) is 48.3 Å². The highest BCUT2D eigenvalue weighted by atomic mass is 16.5. The molecular formula is C15H21N3O2. The van der Waals surface area contributed by atoms with E-state index < -0.39 is 0 Å². The third-order valence-electron chi connectivity index (χ3n) is 2.90. The summed E-state index contributed by atoms with van der Waals surface area (Å²) in [6, 6.07) is 8.04. The SMILES string of the molecule is COCCn1ccnc1NCCOc1cccc(C)c1. The first kappa shape index (κ1) is 14.4. The maximum Gasteiger partial charge on any atom is 0.202 e. The van der Waals surface area contributed by atoms with E-state index in [-0.39, 0.29) is 0 Å². The summed E-state index contributed by atoms with van der Waals surface area (Å²) >= 11 is 0. The summed E-state index contributed by atoms with van der Waals surface area (Å²) in [6.45, 7) is 4.82. The second-order valence-electron chi connectivity index (χ2n) is 4.53. The summed E-state index contributed by atoms with van der Waals surface area (Å²) in [5, 5.41) is 3.26. The summed E-state index contributed by atoms with van der Waals surface area (Å²) in [6.07, 6.45) is 3.71. The predicted octanol–water partition coefficient (Wildman–Crippen LogP) is 2.33. The molecule has 1 aromatic heterocycles. The molecule has 1 aromatic carbocycles. The number of aromatic nitrogens is 2. The second-order valence-corrected chi connectivity index (χ2v) is 4.53. The van der Waals surface area contributed by atoms with Crippen LogP contribution in [0.4, 0.5) is 5.95 Å². The van der Waals surface area contributed by atoms with Gasteiger partial charge < -0.3 is 19.4 Å². The van der Waals surface area contributed by atoms with E-state index in [0.717, 1.165) is 18.2 Å². The van der Waals surface area contributed by atoms with Crippen LogP contribution in [0.2, 0.25) is 0 Å². The number of anilines is 1. The van der Waals surface area contributed by atoms with E-state index in [2.05, 4.69) is 23.3 Å². The first-order valence-corrected chi connectivity index (χ1v) is 6.73. The minimum Gasteiger partial charge on any atom is -0.492 e. The van der Waals surface area contributed by atoms with Crippen LogP contribution >= 0.6 is 0 Å². The molecule has 0 atom stereocenters. The third kappa shape index (κ3) is 4.28. The van der Waals surface area contributed by atoms with Gasteiger partial charge in [0.15, 0.2) is 0 Å². The molecule has 0 saturated heterocycles. The highest BCUT2D eigenvalue weighted by Gasteiger charge is 2.01. The zero-order valence-electron chi connectivity index (χ0n) is 12.0. The predicted molar refractivity (Wildman–Crippen MR) is 79.3 cm³/mol. The number of benzene rings is 1. The van der Waals surface area contributed by atoms with Crippen LogP contribution in [-0.4, -0.2) is 36.4 Å². The lowest BCUT2D eigenvalue weighted by Crippen LogP contribution is -2.15. The van der Waals surface area contributed by atoms with Crippen LogP contribution in [0, 0.1) is 6.92 Å². The molecule has 20 heavy (non-hydrogen) atoms. The van der Waals surface area contributed by atoms with Gasteiger partial charge in [-0.15, -0.1) is 0 Å². The quantitative estimate of drug-likeness (QED) is 0.751. The van der Waals surface area contributed by atoms with Crippen molar-refractivity contribution in [1.29, 1.82) is 0 Å². The van der Waals surface area contributed by atoms with Gasteiger partial charge in [-0.05, 0) is 24.6 Å². The highest BCUT2D eigenvalue weighted by Crippen LogP contribution is 2.12. The van der Waals surface area contributed by atoms with Crippen molar-refractivity contribution in [3.63, 3.8) is 0 Å². The first-order valence-electron chi connectivity index (χ1n) is 6.73. The molecule has 0 unspecified atom stereocenters. The van der Waals surface area contributed by atoms with Gasteiger partial charge in [-0.3, -0.25) is 0 Å². The summed E-state index contributed by atoms with van der Waals surface area (Å²) in [4.78, 5) is 4.27. The van der Waals surface area contributed by atoms with E-state index in [1.165, 1.54) is 5.56 Å². The molecule has 5 heteroatoms. The number of nitrogens with one attached hydrogen (secondary N) is 1. The smallest absolute Gasteiger partial charge is 0.202 e. The van der Waals surface area contributed by atoms with Crippen molar-refractivity contribution in [2.75, 3.05) is 32.2 Å². The van der Waals surface area contributed by atoms with E-state index >= 15 is 0 Å². The molecule has 0 saturated carbocycles. The molecule has 0 aliphatic heterocycles. The van der Waals surface area contributed by atoms with Crippen LogP contribution in [-0.2, 0) is 11.3 Å². The first-order chi connectivity index (χ1) is 9.79. The fourth-order valence-electron chi connectivity index (χ4n) is 1.88. The van der Waals surface area contributed by atoms with Gasteiger partial charge in [0.05, 0.1) is 13.2 Å². The number of hydrogen-bond acceptors (Lipinski definition) is 4. The molecule has 1 heterocycles. The van der Waals surface area contributed by atoms with Crippen molar-refractivity contribution < 1.29 is 9.47 Å². The molecule has 0 amide bonds. The number of rotatable bonds is 8. The standard InChI is InChI=1S/C15H21N3O2/c1-13-4-3-5-14(12-13)20-10-7-17-15-16-6-8-18(15)9-11-19-2/h3-6,8,12H,7,9-11H2,1-2H3,(H,16,17). The maximum absolute atomic E-state index is 5.68. The van der Waals surface area contributed by atoms with Crippen molar-refractivity contribution in [3.05, 3.63) is 42.2 Å². The number of ether oxygens (including phenoxy) is 2. The van der Waals surface area contributed by atoms with Gasteiger partial charge in [-0.2, -0.15) is 0 Å². The summed E-state index contributed by atoms with van der Waals surface area (Å²) in [7, 11) is 1.69. The molecule has 0 spiro atoms. The number of aryl methyl sites for hydroxylation is 1. The van der Waals surface area contributed by atoms with E-state index in [0.29, 0.717) is 19.8 Å². The Kier molecular flexibility index (Phi) is 5.43. The van der Waals surface area contributed by atoms with Gasteiger partial charge >= 0.3 is 0 Å². The lowest BCUT2D eigenvalue weighted by molar-refractivity contribution is 0.187. The van der Waals surface area contributed by atoms with E-state index in [4.69, 9.17) is 9.47 Å². The lowest BCUT2D eigenvalue weighted by Gasteiger charge is -2.10. The fourth-order valence-corrected chi connectivity index (χ4v) is 1.88. The fraction of sp³-hybridized carbons (Fsp3) is 0.400. The molecule has 0 bridgehead atoms. The molecular weight excluding hydrogens is 254 g/mol. The van der Waals surface area contributed by atoms with Crippen molar-refractivity contribution in [2.24, 2.45) is 0 Å². The van der Waals surface area contributed by atoms with Crippen LogP contribution in [0.3, 0.4) is 0 Å². The molecule has 1 N–H and O–H groups in total. The Morgan fingerprint density at radius 1 is 1.30 bits per heavy atom. The van der Waals surface area contributed by atoms with Crippen LogP contribution in [0.5, 0.6) is 5.75 Å². The Labute approximate surface area is 119 Å². The molecule has 2 aromatic rings. The minimum absolute atomic E-state index is 0.598. The van der Waals surface area contributed by atoms with E-state index in [9.17, 15) is 0 Å². The number of imidazole rings is 1. The molecule has 2 rings (SSSR count). The van der Waals surface area contributed by atoms with E-state index in [1.54, 1.807) is 13.3 Å². The average Bonchev–Trinajstić information content (AvgIpc) is 2.89. The van der Waals surface area contributed by atoms with Gasteiger partial charge in [0.25, 0.3) is 0 Å². The van der Waals surface area contributed by atoms with E-state index in [1.807, 2.05) is 29.0 Å². The van der Waals surface area contributed by atoms with Gasteiger partial charge in [-0.25, -0.2) is 4.98 Å². The molecule has 0 radical (unpaired) electrons. The summed E-state index contributed by atoms with van der Waals surface area (Å²) in [5.41, 5.74) is 1.20. The zero-order chi connectivity index (χ0) is 14.2. The molecule has 0 fully saturated rings. The largest absolute Gasteiger partial charge is 0.492 e. The Morgan fingerprint density at radius 3 is 3.00 bits per heavy atom. The minimum atomic E-state index is 0.598. The summed E-state index contributed by atoms with van der Waals surface area (Å²) < 4.78 is 12.8. The molecule has 108 valence electrons. The lowest BCUT2D eigenvalue weighted by atomic mass is 10.2. The Hall–Kier alpha value is -2.01. The van der Waals surface area contributed by atoms with Crippen molar-refractivity contribution in [2.45, 2.75) is 13.5 Å². The number of methoxy groups -OCH3 is 1. The van der Waals surface area contributed by atoms with Gasteiger partial charge in [0, 0.05) is 26.0 Å². The Bertz CT molecular complexity index is 525. The number of hydrogen-bond donors (Lipinski definition) is 1. The maximum atomic E-state index is 5.68. The van der Waals surface area contributed by atoms with Crippen LogP contribution in [0.15, 0.2) is 36.7 Å². The third-order valence-corrected chi connectivity index (χ3v) is 2.90. The van der Waals surface area contributed by atoms with Crippen LogP contribution in [0.1, 0.15) is 5.56 Å². The normalized spacial score (nSPS) is 10.5. The van der Waals surface area contributed by atoms with Gasteiger partial charge in [-0.1, -0.05) is 12.1 Å². The molecule has 0 aliphatic rings. The molecule has 5 nitrogen and oxygen atoms in total. The Balaban J connectivity index is 1.74. The zero-order valence-corrected chi connectivity index (χ0v) is 12.0. The van der Waals surface area contributed by atoms with Crippen LogP contribution in [0.25, 0.3) is 0 Å². The van der Waals surface area contributed by atoms with Crippen molar-refractivity contribution in [1.82, 2.24) is 9.55 Å². The molecule has 0 aliphatic carbocycles. The van der Waals surface area contributed by atoms with Crippen molar-refractivity contribution in [3.8, 4) is 5.75 Å². The van der Waals surface area contributed by atoms with Gasteiger partial charge in [0.1, 0.15) is 12.4 Å².